The molecule has 2 aromatic carbocycles. The number of rotatable bonds is 10. The van der Waals surface area contributed by atoms with Crippen molar-refractivity contribution in [1.82, 2.24) is 0 Å². The molecule has 0 saturated heterocycles. The molecular formula is C26H37NO. The van der Waals surface area contributed by atoms with E-state index < -0.39 is 0 Å². The van der Waals surface area contributed by atoms with Gasteiger partial charge in [0.1, 0.15) is 5.75 Å². The maximum Gasteiger partial charge on any atom is 0.136 e. The minimum atomic E-state index is 0.137. The molecular weight excluding hydrogens is 342 g/mol. The minimum Gasteiger partial charge on any atom is -0.489 e. The lowest BCUT2D eigenvalue weighted by Crippen LogP contribution is -2.20. The van der Waals surface area contributed by atoms with Crippen LogP contribution in [0.3, 0.4) is 0 Å². The topological polar surface area (TPSA) is 21.6 Å². The van der Waals surface area contributed by atoms with E-state index in [-0.39, 0.29) is 6.10 Å². The number of nitrogens with zero attached hydrogens (tertiary/aromatic N) is 1. The monoisotopic (exact) mass is 379 g/mol. The van der Waals surface area contributed by atoms with Gasteiger partial charge in [-0.3, -0.25) is 4.99 Å². The molecule has 0 aliphatic rings. The summed E-state index contributed by atoms with van der Waals surface area (Å²) in [5.74, 6) is 1.40. The Morgan fingerprint density at radius 1 is 0.964 bits per heavy atom. The van der Waals surface area contributed by atoms with Crippen molar-refractivity contribution in [1.29, 1.82) is 0 Å². The summed E-state index contributed by atoms with van der Waals surface area (Å²) in [5.41, 5.74) is 4.63. The van der Waals surface area contributed by atoms with Crippen molar-refractivity contribution < 1.29 is 4.74 Å². The van der Waals surface area contributed by atoms with Gasteiger partial charge in [-0.2, -0.15) is 0 Å². The number of hydrogen-bond acceptors (Lipinski definition) is 2. The first kappa shape index (κ1) is 22.2. The molecule has 0 saturated carbocycles. The fourth-order valence-electron chi connectivity index (χ4n) is 3.12. The van der Waals surface area contributed by atoms with Crippen LogP contribution < -0.4 is 4.74 Å². The first-order valence-corrected chi connectivity index (χ1v) is 10.8. The first-order chi connectivity index (χ1) is 13.4. The Hall–Kier alpha value is -2.09. The van der Waals surface area contributed by atoms with E-state index in [1.54, 1.807) is 0 Å². The molecule has 0 aliphatic carbocycles. The maximum atomic E-state index is 6.51. The van der Waals surface area contributed by atoms with Gasteiger partial charge < -0.3 is 4.74 Å². The standard InChI is InChI=1S/C26H37NO/c1-7-8-10-13-21(5)27-18-25-20(4)16-17-24(23-14-11-9-12-15-23)26(25)28-22(6)19(2)3/h9,11-12,14-19,21-22H,7-8,10,13H2,1-6H3/t21?,22-/m1/s1. The van der Waals surface area contributed by atoms with E-state index in [2.05, 4.69) is 84.0 Å². The van der Waals surface area contributed by atoms with E-state index in [0.717, 1.165) is 23.3 Å². The second kappa shape index (κ2) is 11.0. The Labute approximate surface area is 172 Å². The smallest absolute Gasteiger partial charge is 0.136 e. The van der Waals surface area contributed by atoms with Gasteiger partial charge in [0, 0.05) is 23.4 Å². The Balaban J connectivity index is 2.42. The fraction of sp³-hybridized carbons (Fsp3) is 0.500. The lowest BCUT2D eigenvalue weighted by molar-refractivity contribution is 0.171. The van der Waals surface area contributed by atoms with Crippen LogP contribution in [0.2, 0.25) is 0 Å². The summed E-state index contributed by atoms with van der Waals surface area (Å²) in [5, 5.41) is 0. The van der Waals surface area contributed by atoms with Crippen LogP contribution in [0, 0.1) is 12.8 Å². The number of unbranched alkanes of at least 4 members (excludes halogenated alkanes) is 2. The van der Waals surface area contributed by atoms with Crippen LogP contribution in [0.1, 0.15) is 71.4 Å². The summed E-state index contributed by atoms with van der Waals surface area (Å²) in [7, 11) is 0. The largest absolute Gasteiger partial charge is 0.489 e. The molecule has 0 aliphatic heterocycles. The third-order valence-corrected chi connectivity index (χ3v) is 5.43. The van der Waals surface area contributed by atoms with Crippen LogP contribution in [-0.2, 0) is 0 Å². The van der Waals surface area contributed by atoms with Crippen LogP contribution in [-0.4, -0.2) is 18.4 Å². The van der Waals surface area contributed by atoms with Gasteiger partial charge in [-0.25, -0.2) is 0 Å². The van der Waals surface area contributed by atoms with E-state index >= 15 is 0 Å². The molecule has 2 atom stereocenters. The lowest BCUT2D eigenvalue weighted by atomic mass is 9.97. The summed E-state index contributed by atoms with van der Waals surface area (Å²) >= 11 is 0. The van der Waals surface area contributed by atoms with Gasteiger partial charge in [0.15, 0.2) is 0 Å². The van der Waals surface area contributed by atoms with Gasteiger partial charge in [0.25, 0.3) is 0 Å². The van der Waals surface area contributed by atoms with E-state index in [4.69, 9.17) is 9.73 Å². The van der Waals surface area contributed by atoms with Crippen LogP contribution in [0.15, 0.2) is 47.5 Å². The highest BCUT2D eigenvalue weighted by Gasteiger charge is 2.18. The lowest BCUT2D eigenvalue weighted by Gasteiger charge is -2.23. The molecule has 0 aromatic heterocycles. The van der Waals surface area contributed by atoms with Crippen LogP contribution in [0.25, 0.3) is 11.1 Å². The molecule has 0 radical (unpaired) electrons. The summed E-state index contributed by atoms with van der Waals surface area (Å²) in [6.07, 6.45) is 7.09. The van der Waals surface area contributed by atoms with Gasteiger partial charge in [-0.15, -0.1) is 0 Å². The van der Waals surface area contributed by atoms with Crippen molar-refractivity contribution >= 4 is 6.21 Å². The van der Waals surface area contributed by atoms with Crippen molar-refractivity contribution in [3.63, 3.8) is 0 Å². The molecule has 0 fully saturated rings. The maximum absolute atomic E-state index is 6.51. The number of aryl methyl sites for hydroxylation is 1. The predicted molar refractivity (Wildman–Crippen MR) is 123 cm³/mol. The van der Waals surface area contributed by atoms with Crippen molar-refractivity contribution in [3.8, 4) is 16.9 Å². The van der Waals surface area contributed by atoms with E-state index in [1.165, 1.54) is 30.4 Å². The van der Waals surface area contributed by atoms with E-state index in [0.29, 0.717) is 12.0 Å². The first-order valence-electron chi connectivity index (χ1n) is 10.8. The Morgan fingerprint density at radius 2 is 1.68 bits per heavy atom. The van der Waals surface area contributed by atoms with Gasteiger partial charge in [0.2, 0.25) is 0 Å². The second-order valence-corrected chi connectivity index (χ2v) is 8.23. The SMILES string of the molecule is CCCCCC(C)N=Cc1c(C)ccc(-c2ccccc2)c1O[C@H](C)C(C)C. The summed E-state index contributed by atoms with van der Waals surface area (Å²) in [6.45, 7) is 13.1. The van der Waals surface area contributed by atoms with Crippen molar-refractivity contribution in [2.24, 2.45) is 10.9 Å². The highest BCUT2D eigenvalue weighted by molar-refractivity contribution is 5.90. The summed E-state index contributed by atoms with van der Waals surface area (Å²) < 4.78 is 6.51. The number of benzene rings is 2. The molecule has 0 heterocycles. The van der Waals surface area contributed by atoms with E-state index in [9.17, 15) is 0 Å². The molecule has 28 heavy (non-hydrogen) atoms. The predicted octanol–water partition coefficient (Wildman–Crippen LogP) is 7.47. The van der Waals surface area contributed by atoms with Gasteiger partial charge >= 0.3 is 0 Å². The molecule has 2 heteroatoms. The highest BCUT2D eigenvalue weighted by Crippen LogP contribution is 2.36. The van der Waals surface area contributed by atoms with Crippen molar-refractivity contribution in [3.05, 3.63) is 53.6 Å². The number of ether oxygens (including phenoxy) is 1. The fourth-order valence-corrected chi connectivity index (χ4v) is 3.12. The average Bonchev–Trinajstić information content (AvgIpc) is 2.68. The van der Waals surface area contributed by atoms with Gasteiger partial charge in [-0.05, 0) is 44.2 Å². The second-order valence-electron chi connectivity index (χ2n) is 8.23. The van der Waals surface area contributed by atoms with Crippen LogP contribution >= 0.6 is 0 Å². The molecule has 2 rings (SSSR count). The average molecular weight is 380 g/mol. The molecule has 0 N–H and O–H groups in total. The molecule has 1 unspecified atom stereocenters. The third-order valence-electron chi connectivity index (χ3n) is 5.43. The molecule has 2 aromatic rings. The van der Waals surface area contributed by atoms with E-state index in [1.807, 2.05) is 6.21 Å². The Bertz CT molecular complexity index is 749. The number of aliphatic imine (C=N–C) groups is 1. The van der Waals surface area contributed by atoms with Crippen LogP contribution in [0.4, 0.5) is 0 Å². The third kappa shape index (κ3) is 6.22. The zero-order chi connectivity index (χ0) is 20.5. The molecule has 0 bridgehead atoms. The summed E-state index contributed by atoms with van der Waals surface area (Å²) in [4.78, 5) is 4.87. The Kier molecular flexibility index (Phi) is 8.76. The van der Waals surface area contributed by atoms with Crippen molar-refractivity contribution in [2.45, 2.75) is 79.4 Å². The molecule has 0 amide bonds. The molecule has 152 valence electrons. The zero-order valence-electron chi connectivity index (χ0n) is 18.5. The van der Waals surface area contributed by atoms with Crippen LogP contribution in [0.5, 0.6) is 5.75 Å². The Morgan fingerprint density at radius 3 is 2.32 bits per heavy atom. The number of hydrogen-bond donors (Lipinski definition) is 0. The van der Waals surface area contributed by atoms with Gasteiger partial charge in [-0.1, -0.05) is 82.5 Å². The highest BCUT2D eigenvalue weighted by atomic mass is 16.5. The van der Waals surface area contributed by atoms with Crippen molar-refractivity contribution in [2.75, 3.05) is 0 Å². The normalized spacial score (nSPS) is 13.8. The quantitative estimate of drug-likeness (QED) is 0.310. The molecule has 2 nitrogen and oxygen atoms in total. The summed E-state index contributed by atoms with van der Waals surface area (Å²) in [6, 6.07) is 15.2. The molecule has 0 spiro atoms. The minimum absolute atomic E-state index is 0.137. The van der Waals surface area contributed by atoms with Gasteiger partial charge in [0.05, 0.1) is 6.10 Å². The zero-order valence-corrected chi connectivity index (χ0v) is 18.5.